The molecule has 3 nitrogen and oxygen atoms in total. The van der Waals surface area contributed by atoms with Gasteiger partial charge in [0.25, 0.3) is 0 Å². The second-order valence-corrected chi connectivity index (χ2v) is 6.11. The molecule has 112 valence electrons. The molecule has 0 unspecified atom stereocenters. The topological polar surface area (TPSA) is 24.5 Å². The third-order valence-corrected chi connectivity index (χ3v) is 3.98. The molecule has 0 saturated carbocycles. The number of nitrogens with zero attached hydrogens (tertiary/aromatic N) is 1. The van der Waals surface area contributed by atoms with Crippen molar-refractivity contribution < 1.29 is 4.74 Å². The molecule has 0 spiro atoms. The monoisotopic (exact) mass is 276 g/mol. The highest BCUT2D eigenvalue weighted by Crippen LogP contribution is 2.24. The lowest BCUT2D eigenvalue weighted by Gasteiger charge is -2.34. The molecule has 1 saturated heterocycles. The number of para-hydroxylation sites is 1. The van der Waals surface area contributed by atoms with Gasteiger partial charge in [-0.2, -0.15) is 0 Å². The summed E-state index contributed by atoms with van der Waals surface area (Å²) in [5, 5.41) is 3.55. The number of benzene rings is 1. The van der Waals surface area contributed by atoms with Crippen LogP contribution in [0.1, 0.15) is 32.3 Å². The first-order valence-corrected chi connectivity index (χ1v) is 7.77. The first-order valence-electron chi connectivity index (χ1n) is 7.77. The molecule has 0 aliphatic carbocycles. The second-order valence-electron chi connectivity index (χ2n) is 6.11. The summed E-state index contributed by atoms with van der Waals surface area (Å²) in [5.74, 6) is 0.690. The van der Waals surface area contributed by atoms with E-state index in [1.165, 1.54) is 11.3 Å². The Kier molecular flexibility index (Phi) is 5.86. The summed E-state index contributed by atoms with van der Waals surface area (Å²) in [7, 11) is 2.22. The van der Waals surface area contributed by atoms with E-state index in [2.05, 4.69) is 55.4 Å². The van der Waals surface area contributed by atoms with Crippen LogP contribution in [0.4, 0.5) is 5.69 Å². The van der Waals surface area contributed by atoms with Crippen molar-refractivity contribution in [2.75, 3.05) is 31.7 Å². The largest absolute Gasteiger partial charge is 0.381 e. The fourth-order valence-electron chi connectivity index (χ4n) is 2.77. The molecule has 20 heavy (non-hydrogen) atoms. The van der Waals surface area contributed by atoms with Crippen LogP contribution in [0.5, 0.6) is 0 Å². The predicted octanol–water partition coefficient (Wildman–Crippen LogP) is 3.05. The molecule has 0 aromatic heterocycles. The Hall–Kier alpha value is -1.06. The minimum atomic E-state index is 0.606. The van der Waals surface area contributed by atoms with Gasteiger partial charge in [-0.05, 0) is 36.9 Å². The average Bonchev–Trinajstić information content (AvgIpc) is 2.47. The highest BCUT2D eigenvalue weighted by atomic mass is 16.5. The Morgan fingerprint density at radius 1 is 1.25 bits per heavy atom. The van der Waals surface area contributed by atoms with E-state index < -0.39 is 0 Å². The van der Waals surface area contributed by atoms with Gasteiger partial charge in [-0.3, -0.25) is 0 Å². The number of ether oxygens (including phenoxy) is 1. The van der Waals surface area contributed by atoms with E-state index in [0.717, 1.165) is 39.1 Å². The van der Waals surface area contributed by atoms with Gasteiger partial charge in [0.15, 0.2) is 0 Å². The maximum atomic E-state index is 5.47. The maximum absolute atomic E-state index is 5.47. The molecule has 0 bridgehead atoms. The minimum absolute atomic E-state index is 0.606. The molecular formula is C17H28N2O. The fourth-order valence-corrected chi connectivity index (χ4v) is 2.77. The first-order chi connectivity index (χ1) is 9.68. The molecule has 1 aliphatic heterocycles. The van der Waals surface area contributed by atoms with E-state index in [9.17, 15) is 0 Å². The van der Waals surface area contributed by atoms with Crippen LogP contribution in [0.25, 0.3) is 0 Å². The van der Waals surface area contributed by atoms with Gasteiger partial charge in [0, 0.05) is 38.5 Å². The summed E-state index contributed by atoms with van der Waals surface area (Å²) in [6.45, 7) is 8.28. The standard InChI is InChI=1S/C17H28N2O/c1-14(2)12-18-13-15-6-4-5-7-17(15)19(3)16-8-10-20-11-9-16/h4-7,14,16,18H,8-13H2,1-3H3. The molecule has 1 N–H and O–H groups in total. The minimum Gasteiger partial charge on any atom is -0.381 e. The fraction of sp³-hybridized carbons (Fsp3) is 0.647. The van der Waals surface area contributed by atoms with Gasteiger partial charge in [0.05, 0.1) is 0 Å². The van der Waals surface area contributed by atoms with Gasteiger partial charge in [0.1, 0.15) is 0 Å². The second kappa shape index (κ2) is 7.65. The van der Waals surface area contributed by atoms with Crippen LogP contribution in [-0.2, 0) is 11.3 Å². The Balaban J connectivity index is 2.02. The zero-order chi connectivity index (χ0) is 14.4. The summed E-state index contributed by atoms with van der Waals surface area (Å²) in [4.78, 5) is 2.44. The maximum Gasteiger partial charge on any atom is 0.0485 e. The SMILES string of the molecule is CC(C)CNCc1ccccc1N(C)C1CCOCC1. The molecule has 0 radical (unpaired) electrons. The van der Waals surface area contributed by atoms with Crippen LogP contribution >= 0.6 is 0 Å². The summed E-state index contributed by atoms with van der Waals surface area (Å²) < 4.78 is 5.47. The average molecular weight is 276 g/mol. The molecule has 2 rings (SSSR count). The third-order valence-electron chi connectivity index (χ3n) is 3.98. The number of nitrogens with one attached hydrogen (secondary N) is 1. The van der Waals surface area contributed by atoms with Crippen LogP contribution < -0.4 is 10.2 Å². The van der Waals surface area contributed by atoms with E-state index in [0.29, 0.717) is 12.0 Å². The van der Waals surface area contributed by atoms with Crippen molar-refractivity contribution >= 4 is 5.69 Å². The lowest BCUT2D eigenvalue weighted by Crippen LogP contribution is -2.37. The van der Waals surface area contributed by atoms with Crippen molar-refractivity contribution in [2.24, 2.45) is 5.92 Å². The van der Waals surface area contributed by atoms with Crippen LogP contribution in [0.3, 0.4) is 0 Å². The van der Waals surface area contributed by atoms with Crippen LogP contribution in [0.15, 0.2) is 24.3 Å². The molecule has 0 atom stereocenters. The van der Waals surface area contributed by atoms with Crippen molar-refractivity contribution in [3.8, 4) is 0 Å². The van der Waals surface area contributed by atoms with Crippen LogP contribution in [0, 0.1) is 5.92 Å². The van der Waals surface area contributed by atoms with E-state index in [1.807, 2.05) is 0 Å². The van der Waals surface area contributed by atoms with Gasteiger partial charge in [-0.25, -0.2) is 0 Å². The molecule has 1 heterocycles. The number of hydrogen-bond donors (Lipinski definition) is 1. The summed E-state index contributed by atoms with van der Waals surface area (Å²) in [6, 6.07) is 9.35. The predicted molar refractivity (Wildman–Crippen MR) is 85.2 cm³/mol. The van der Waals surface area contributed by atoms with Crippen molar-refractivity contribution in [1.29, 1.82) is 0 Å². The lowest BCUT2D eigenvalue weighted by molar-refractivity contribution is 0.0854. The van der Waals surface area contributed by atoms with Gasteiger partial charge >= 0.3 is 0 Å². The molecule has 0 amide bonds. The Bertz CT molecular complexity index is 400. The third kappa shape index (κ3) is 4.22. The van der Waals surface area contributed by atoms with Gasteiger partial charge in [-0.1, -0.05) is 32.0 Å². The molecule has 1 aliphatic rings. The van der Waals surface area contributed by atoms with E-state index in [4.69, 9.17) is 4.74 Å². The highest BCUT2D eigenvalue weighted by Gasteiger charge is 2.20. The quantitative estimate of drug-likeness (QED) is 0.864. The summed E-state index contributed by atoms with van der Waals surface area (Å²) in [6.07, 6.45) is 2.26. The van der Waals surface area contributed by atoms with Crippen molar-refractivity contribution in [2.45, 2.75) is 39.3 Å². The number of rotatable bonds is 6. The van der Waals surface area contributed by atoms with Gasteiger partial charge < -0.3 is 15.0 Å². The van der Waals surface area contributed by atoms with E-state index in [1.54, 1.807) is 0 Å². The zero-order valence-corrected chi connectivity index (χ0v) is 13.1. The smallest absolute Gasteiger partial charge is 0.0485 e. The van der Waals surface area contributed by atoms with Crippen molar-refractivity contribution in [1.82, 2.24) is 5.32 Å². The van der Waals surface area contributed by atoms with Gasteiger partial charge in [0.2, 0.25) is 0 Å². The number of anilines is 1. The molecular weight excluding hydrogens is 248 g/mol. The normalized spacial score (nSPS) is 16.6. The van der Waals surface area contributed by atoms with Crippen molar-refractivity contribution in [3.63, 3.8) is 0 Å². The molecule has 1 fully saturated rings. The Morgan fingerprint density at radius 2 is 1.95 bits per heavy atom. The number of hydrogen-bond acceptors (Lipinski definition) is 3. The zero-order valence-electron chi connectivity index (χ0n) is 13.1. The highest BCUT2D eigenvalue weighted by molar-refractivity contribution is 5.53. The summed E-state index contributed by atoms with van der Waals surface area (Å²) in [5.41, 5.74) is 2.75. The van der Waals surface area contributed by atoms with Crippen LogP contribution in [-0.4, -0.2) is 32.8 Å². The lowest BCUT2D eigenvalue weighted by atomic mass is 10.0. The molecule has 1 aromatic carbocycles. The Morgan fingerprint density at radius 3 is 2.65 bits per heavy atom. The van der Waals surface area contributed by atoms with E-state index in [-0.39, 0.29) is 0 Å². The summed E-state index contributed by atoms with van der Waals surface area (Å²) >= 11 is 0. The molecule has 3 heteroatoms. The van der Waals surface area contributed by atoms with Gasteiger partial charge in [-0.15, -0.1) is 0 Å². The van der Waals surface area contributed by atoms with Crippen molar-refractivity contribution in [3.05, 3.63) is 29.8 Å². The molecule has 1 aromatic rings. The van der Waals surface area contributed by atoms with E-state index >= 15 is 0 Å². The van der Waals surface area contributed by atoms with Crippen LogP contribution in [0.2, 0.25) is 0 Å². The first kappa shape index (κ1) is 15.3. The Labute approximate surface area is 123 Å².